The average Bonchev–Trinajstić information content (AvgIpc) is 2.28. The Morgan fingerprint density at radius 3 is 2.88 bits per heavy atom. The summed E-state index contributed by atoms with van der Waals surface area (Å²) in [5.41, 5.74) is 0.686. The van der Waals surface area contributed by atoms with Gasteiger partial charge in [0.15, 0.2) is 0 Å². The van der Waals surface area contributed by atoms with Crippen LogP contribution < -0.4 is 5.32 Å². The van der Waals surface area contributed by atoms with Gasteiger partial charge in [0.1, 0.15) is 5.82 Å². The molecule has 1 N–H and O–H groups in total. The number of rotatable bonds is 1. The van der Waals surface area contributed by atoms with Crippen molar-refractivity contribution in [3.8, 4) is 0 Å². The summed E-state index contributed by atoms with van der Waals surface area (Å²) in [6, 6.07) is 0.133. The maximum Gasteiger partial charge on any atom is 0.253 e. The van der Waals surface area contributed by atoms with E-state index in [-0.39, 0.29) is 17.9 Å². The summed E-state index contributed by atoms with van der Waals surface area (Å²) < 4.78 is 0. The predicted molar refractivity (Wildman–Crippen MR) is 63.5 cm³/mol. The van der Waals surface area contributed by atoms with Gasteiger partial charge in [0.05, 0.1) is 5.57 Å². The van der Waals surface area contributed by atoms with E-state index in [2.05, 4.69) is 5.32 Å². The fourth-order valence-corrected chi connectivity index (χ4v) is 2.20. The van der Waals surface area contributed by atoms with Crippen LogP contribution in [0.15, 0.2) is 23.7 Å². The first-order chi connectivity index (χ1) is 8.02. The summed E-state index contributed by atoms with van der Waals surface area (Å²) >= 11 is 0. The number of likely N-dealkylation sites (N-methyl/N-ethyl adjacent to an activating group) is 1. The van der Waals surface area contributed by atoms with Gasteiger partial charge in [-0.1, -0.05) is 0 Å². The molecule has 0 saturated carbocycles. The van der Waals surface area contributed by atoms with Crippen LogP contribution in [-0.2, 0) is 9.59 Å². The molecule has 0 spiro atoms. The Labute approximate surface area is 101 Å². The number of carbonyl (C=O) groups is 2. The van der Waals surface area contributed by atoms with Gasteiger partial charge in [-0.3, -0.25) is 14.5 Å². The molecule has 0 aromatic carbocycles. The Balaban J connectivity index is 2.43. The molecular weight excluding hydrogens is 218 g/mol. The Morgan fingerprint density at radius 1 is 1.53 bits per heavy atom. The molecule has 2 aliphatic rings. The molecule has 1 unspecified atom stereocenters. The minimum atomic E-state index is -0.0602. The zero-order valence-corrected chi connectivity index (χ0v) is 10.4. The topological polar surface area (TPSA) is 52.7 Å². The van der Waals surface area contributed by atoms with Crippen molar-refractivity contribution in [3.05, 3.63) is 23.7 Å². The minimum Gasteiger partial charge on any atom is -0.347 e. The van der Waals surface area contributed by atoms with Gasteiger partial charge in [0.25, 0.3) is 11.8 Å². The van der Waals surface area contributed by atoms with E-state index in [0.29, 0.717) is 17.8 Å². The number of nitrogens with zero attached hydrogens (tertiary/aromatic N) is 2. The average molecular weight is 235 g/mol. The highest BCUT2D eigenvalue weighted by atomic mass is 16.2. The van der Waals surface area contributed by atoms with Crippen molar-refractivity contribution in [2.75, 3.05) is 14.1 Å². The molecule has 0 bridgehead atoms. The van der Waals surface area contributed by atoms with Gasteiger partial charge in [-0.25, -0.2) is 0 Å². The molecule has 0 aliphatic carbocycles. The molecule has 5 nitrogen and oxygen atoms in total. The highest BCUT2D eigenvalue weighted by molar-refractivity contribution is 5.97. The van der Waals surface area contributed by atoms with Crippen LogP contribution in [0.25, 0.3) is 0 Å². The summed E-state index contributed by atoms with van der Waals surface area (Å²) in [6.07, 6.45) is 4.61. The van der Waals surface area contributed by atoms with Crippen LogP contribution in [0.2, 0.25) is 0 Å². The molecule has 17 heavy (non-hydrogen) atoms. The summed E-state index contributed by atoms with van der Waals surface area (Å²) in [4.78, 5) is 27.1. The maximum atomic E-state index is 12.0. The number of fused-ring (bicyclic) bond motifs is 1. The lowest BCUT2D eigenvalue weighted by atomic mass is 9.97. The first kappa shape index (κ1) is 11.7. The monoisotopic (exact) mass is 235 g/mol. The molecule has 0 aromatic rings. The predicted octanol–water partition coefficient (Wildman–Crippen LogP) is 0.414. The van der Waals surface area contributed by atoms with Crippen molar-refractivity contribution in [2.45, 2.75) is 25.8 Å². The van der Waals surface area contributed by atoms with Crippen LogP contribution in [0.1, 0.15) is 19.8 Å². The maximum absolute atomic E-state index is 12.0. The van der Waals surface area contributed by atoms with Gasteiger partial charge in [-0.2, -0.15) is 0 Å². The van der Waals surface area contributed by atoms with Crippen molar-refractivity contribution in [1.29, 1.82) is 0 Å². The number of carbonyl (C=O) groups excluding carboxylic acids is 2. The number of hydrogen-bond acceptors (Lipinski definition) is 3. The molecule has 0 radical (unpaired) electrons. The van der Waals surface area contributed by atoms with E-state index < -0.39 is 0 Å². The lowest BCUT2D eigenvalue weighted by molar-refractivity contribution is -0.128. The van der Waals surface area contributed by atoms with Crippen LogP contribution in [0.3, 0.4) is 0 Å². The molecule has 2 rings (SSSR count). The Hall–Kier alpha value is -1.78. The summed E-state index contributed by atoms with van der Waals surface area (Å²) in [6.45, 7) is 2.00. The third-order valence-corrected chi connectivity index (χ3v) is 3.13. The summed E-state index contributed by atoms with van der Waals surface area (Å²) in [5, 5.41) is 3.02. The third kappa shape index (κ3) is 1.92. The fourth-order valence-electron chi connectivity index (χ4n) is 2.20. The van der Waals surface area contributed by atoms with Gasteiger partial charge < -0.3 is 10.2 Å². The highest BCUT2D eigenvalue weighted by Gasteiger charge is 2.33. The molecule has 0 fully saturated rings. The van der Waals surface area contributed by atoms with Crippen LogP contribution in [-0.4, -0.2) is 41.8 Å². The lowest BCUT2D eigenvalue weighted by Gasteiger charge is -2.38. The standard InChI is InChI=1S/C12H17N3O2/c1-8-4-5-9(12(17)14(2)3)11-13-7-6-10(16)15(8)11/h6-8,13H,4-5H2,1-3H3. The normalized spacial score (nSPS) is 23.4. The van der Waals surface area contributed by atoms with E-state index in [1.54, 1.807) is 30.1 Å². The van der Waals surface area contributed by atoms with Crippen molar-refractivity contribution >= 4 is 11.8 Å². The van der Waals surface area contributed by atoms with E-state index in [1.165, 1.54) is 6.08 Å². The second-order valence-corrected chi connectivity index (χ2v) is 4.60. The molecule has 5 heteroatoms. The Morgan fingerprint density at radius 2 is 2.24 bits per heavy atom. The Bertz CT molecular complexity index is 423. The minimum absolute atomic E-state index is 0.0347. The molecule has 2 amide bonds. The Kier molecular flexibility index (Phi) is 2.92. The second kappa shape index (κ2) is 4.24. The van der Waals surface area contributed by atoms with Crippen molar-refractivity contribution < 1.29 is 9.59 Å². The molecule has 92 valence electrons. The van der Waals surface area contributed by atoms with Crippen LogP contribution in [0.4, 0.5) is 0 Å². The van der Waals surface area contributed by atoms with E-state index >= 15 is 0 Å². The number of hydrogen-bond donors (Lipinski definition) is 1. The van der Waals surface area contributed by atoms with E-state index in [0.717, 1.165) is 6.42 Å². The molecule has 2 aliphatic heterocycles. The molecular formula is C12H17N3O2. The van der Waals surface area contributed by atoms with E-state index in [9.17, 15) is 9.59 Å². The number of nitrogens with one attached hydrogen (secondary N) is 1. The summed E-state index contributed by atoms with van der Waals surface area (Å²) in [5.74, 6) is 0.553. The smallest absolute Gasteiger partial charge is 0.253 e. The fraction of sp³-hybridized carbons (Fsp3) is 0.500. The lowest BCUT2D eigenvalue weighted by Crippen LogP contribution is -2.48. The van der Waals surface area contributed by atoms with Gasteiger partial charge in [0, 0.05) is 32.4 Å². The van der Waals surface area contributed by atoms with Crippen LogP contribution in [0.5, 0.6) is 0 Å². The molecule has 1 atom stereocenters. The van der Waals surface area contributed by atoms with Gasteiger partial charge in [0.2, 0.25) is 0 Å². The quantitative estimate of drug-likeness (QED) is 0.716. The zero-order valence-electron chi connectivity index (χ0n) is 10.4. The first-order valence-electron chi connectivity index (χ1n) is 5.73. The molecule has 2 heterocycles. The summed E-state index contributed by atoms with van der Waals surface area (Å²) in [7, 11) is 3.44. The van der Waals surface area contributed by atoms with Gasteiger partial charge in [-0.05, 0) is 19.8 Å². The number of amides is 2. The van der Waals surface area contributed by atoms with Gasteiger partial charge in [-0.15, -0.1) is 0 Å². The largest absolute Gasteiger partial charge is 0.347 e. The van der Waals surface area contributed by atoms with E-state index in [4.69, 9.17) is 0 Å². The van der Waals surface area contributed by atoms with Crippen molar-refractivity contribution in [2.24, 2.45) is 0 Å². The van der Waals surface area contributed by atoms with Crippen molar-refractivity contribution in [1.82, 2.24) is 15.1 Å². The zero-order chi connectivity index (χ0) is 12.6. The molecule has 0 aromatic heterocycles. The van der Waals surface area contributed by atoms with Crippen LogP contribution in [0, 0.1) is 0 Å². The van der Waals surface area contributed by atoms with E-state index in [1.807, 2.05) is 6.92 Å². The van der Waals surface area contributed by atoms with Crippen molar-refractivity contribution in [3.63, 3.8) is 0 Å². The second-order valence-electron chi connectivity index (χ2n) is 4.60. The van der Waals surface area contributed by atoms with Crippen LogP contribution >= 0.6 is 0 Å². The van der Waals surface area contributed by atoms with Gasteiger partial charge >= 0.3 is 0 Å². The molecule has 0 saturated heterocycles. The SMILES string of the molecule is CC1CCC(C(=O)N(C)C)=C2NC=CC(=O)N21. The highest BCUT2D eigenvalue weighted by Crippen LogP contribution is 2.28. The first-order valence-corrected chi connectivity index (χ1v) is 5.73. The third-order valence-electron chi connectivity index (χ3n) is 3.13.